The molecule has 4 aromatic rings. The second-order valence-electron chi connectivity index (χ2n) is 6.72. The third kappa shape index (κ3) is 5.32. The van der Waals surface area contributed by atoms with Crippen molar-refractivity contribution in [2.75, 3.05) is 12.9 Å². The maximum Gasteiger partial charge on any atom is 0.230 e. The van der Waals surface area contributed by atoms with Gasteiger partial charge in [-0.05, 0) is 41.5 Å². The number of nitrogens with one attached hydrogen (secondary N) is 1. The first-order valence-electron chi connectivity index (χ1n) is 9.71. The average molecular weight is 435 g/mol. The summed E-state index contributed by atoms with van der Waals surface area (Å²) in [6.45, 7) is 1.13. The highest BCUT2D eigenvalue weighted by molar-refractivity contribution is 7.99. The van der Waals surface area contributed by atoms with Crippen LogP contribution >= 0.6 is 11.8 Å². The van der Waals surface area contributed by atoms with Crippen LogP contribution in [0.3, 0.4) is 0 Å². The van der Waals surface area contributed by atoms with E-state index >= 15 is 0 Å². The van der Waals surface area contributed by atoms with Gasteiger partial charge in [-0.2, -0.15) is 5.10 Å². The molecular weight excluding hydrogens is 412 g/mol. The number of carbonyl (C=O) groups is 1. The van der Waals surface area contributed by atoms with E-state index in [1.807, 2.05) is 64.0 Å². The number of hydrogen-bond acceptors (Lipinski definition) is 6. The zero-order valence-corrected chi connectivity index (χ0v) is 17.8. The summed E-state index contributed by atoms with van der Waals surface area (Å²) in [6.07, 6.45) is 5.31. The zero-order valence-electron chi connectivity index (χ0n) is 17.0. The molecule has 0 saturated heterocycles. The molecule has 0 aliphatic carbocycles. The number of methoxy groups -OCH3 is 1. The highest BCUT2D eigenvalue weighted by Gasteiger charge is 2.11. The Hall–Kier alpha value is -3.59. The van der Waals surface area contributed by atoms with Crippen LogP contribution in [0.1, 0.15) is 11.1 Å². The molecule has 0 bridgehead atoms. The van der Waals surface area contributed by atoms with E-state index in [0.717, 1.165) is 22.6 Å². The largest absolute Gasteiger partial charge is 0.497 e. The Bertz CT molecular complexity index is 1130. The van der Waals surface area contributed by atoms with Crippen LogP contribution < -0.4 is 10.1 Å². The molecule has 8 nitrogen and oxygen atoms in total. The van der Waals surface area contributed by atoms with Crippen LogP contribution in [-0.4, -0.2) is 43.3 Å². The number of amides is 1. The van der Waals surface area contributed by atoms with Crippen molar-refractivity contribution in [3.63, 3.8) is 0 Å². The first-order chi connectivity index (χ1) is 15.2. The molecular formula is C22H22N6O2S. The van der Waals surface area contributed by atoms with Crippen molar-refractivity contribution in [1.29, 1.82) is 0 Å². The summed E-state index contributed by atoms with van der Waals surface area (Å²) in [7, 11) is 1.63. The molecule has 2 aromatic carbocycles. The molecule has 2 aromatic heterocycles. The summed E-state index contributed by atoms with van der Waals surface area (Å²) in [5.41, 5.74) is 3.09. The van der Waals surface area contributed by atoms with Gasteiger partial charge >= 0.3 is 0 Å². The molecule has 0 aliphatic rings. The first kappa shape index (κ1) is 20.7. The molecule has 0 unspecified atom stereocenters. The van der Waals surface area contributed by atoms with Gasteiger partial charge in [0.1, 0.15) is 12.1 Å². The maximum atomic E-state index is 12.4. The summed E-state index contributed by atoms with van der Waals surface area (Å²) in [5.74, 6) is 0.956. The lowest BCUT2D eigenvalue weighted by Crippen LogP contribution is -2.25. The van der Waals surface area contributed by atoms with Gasteiger partial charge in [0, 0.05) is 24.6 Å². The molecule has 2 heterocycles. The number of carbonyl (C=O) groups excluding carboxylic acids is 1. The molecule has 9 heteroatoms. The van der Waals surface area contributed by atoms with Crippen molar-refractivity contribution >= 4 is 17.7 Å². The van der Waals surface area contributed by atoms with Gasteiger partial charge in [-0.15, -0.1) is 10.2 Å². The lowest BCUT2D eigenvalue weighted by molar-refractivity contribution is -0.118. The van der Waals surface area contributed by atoms with Crippen LogP contribution in [0.5, 0.6) is 5.75 Å². The van der Waals surface area contributed by atoms with Gasteiger partial charge in [0.05, 0.1) is 19.4 Å². The van der Waals surface area contributed by atoms with Crippen LogP contribution in [0.25, 0.3) is 5.69 Å². The van der Waals surface area contributed by atoms with E-state index in [4.69, 9.17) is 4.74 Å². The number of rotatable bonds is 9. The van der Waals surface area contributed by atoms with Gasteiger partial charge < -0.3 is 10.1 Å². The topological polar surface area (TPSA) is 86.9 Å². The average Bonchev–Trinajstić information content (AvgIpc) is 3.49. The molecule has 0 fully saturated rings. The minimum Gasteiger partial charge on any atom is -0.497 e. The molecule has 158 valence electrons. The van der Waals surface area contributed by atoms with E-state index in [1.165, 1.54) is 11.8 Å². The first-order valence-corrected chi connectivity index (χ1v) is 10.7. The van der Waals surface area contributed by atoms with Crippen molar-refractivity contribution in [2.24, 2.45) is 0 Å². The standard InChI is InChI=1S/C22H22N6O2S/c1-30-20-9-7-19(8-10-20)28-16-24-26-22(28)31-15-21(29)23-13-17-5-2-3-6-18(17)14-27-12-4-11-25-27/h2-12,16H,13-15H2,1H3,(H,23,29). The zero-order chi connectivity index (χ0) is 21.5. The van der Waals surface area contributed by atoms with E-state index < -0.39 is 0 Å². The third-order valence-corrected chi connectivity index (χ3v) is 5.63. The second kappa shape index (κ2) is 9.94. The Kier molecular flexibility index (Phi) is 6.63. The lowest BCUT2D eigenvalue weighted by Gasteiger charge is -2.11. The number of nitrogens with zero attached hydrogens (tertiary/aromatic N) is 5. The second-order valence-corrected chi connectivity index (χ2v) is 7.66. The van der Waals surface area contributed by atoms with Crippen molar-refractivity contribution in [3.05, 3.63) is 84.4 Å². The monoisotopic (exact) mass is 434 g/mol. The Morgan fingerprint density at radius 1 is 1.10 bits per heavy atom. The Morgan fingerprint density at radius 2 is 1.90 bits per heavy atom. The van der Waals surface area contributed by atoms with E-state index in [-0.39, 0.29) is 11.7 Å². The molecule has 0 radical (unpaired) electrons. The van der Waals surface area contributed by atoms with Crippen molar-refractivity contribution in [2.45, 2.75) is 18.2 Å². The summed E-state index contributed by atoms with van der Waals surface area (Å²) in [5, 5.41) is 16.0. The number of ether oxygens (including phenoxy) is 1. The van der Waals surface area contributed by atoms with Crippen molar-refractivity contribution in [3.8, 4) is 11.4 Å². The van der Waals surface area contributed by atoms with E-state index in [2.05, 4.69) is 26.7 Å². The van der Waals surface area contributed by atoms with Crippen molar-refractivity contribution in [1.82, 2.24) is 29.9 Å². The number of benzene rings is 2. The van der Waals surface area contributed by atoms with E-state index in [9.17, 15) is 4.79 Å². The van der Waals surface area contributed by atoms with E-state index in [1.54, 1.807) is 19.6 Å². The van der Waals surface area contributed by atoms with Crippen LogP contribution in [0.2, 0.25) is 0 Å². The van der Waals surface area contributed by atoms with Crippen molar-refractivity contribution < 1.29 is 9.53 Å². The summed E-state index contributed by atoms with van der Waals surface area (Å²) >= 11 is 1.34. The number of hydrogen-bond donors (Lipinski definition) is 1. The summed E-state index contributed by atoms with van der Waals surface area (Å²) in [4.78, 5) is 12.4. The Balaban J connectivity index is 1.33. The third-order valence-electron chi connectivity index (χ3n) is 4.69. The highest BCUT2D eigenvalue weighted by Crippen LogP contribution is 2.21. The van der Waals surface area contributed by atoms with Gasteiger partial charge in [-0.25, -0.2) is 0 Å². The fourth-order valence-corrected chi connectivity index (χ4v) is 3.83. The van der Waals surface area contributed by atoms with Gasteiger partial charge in [0.2, 0.25) is 5.91 Å². The fraction of sp³-hybridized carbons (Fsp3) is 0.182. The highest BCUT2D eigenvalue weighted by atomic mass is 32.2. The van der Waals surface area contributed by atoms with Gasteiger partial charge in [0.15, 0.2) is 5.16 Å². The molecule has 0 atom stereocenters. The molecule has 0 spiro atoms. The van der Waals surface area contributed by atoms with Crippen LogP contribution in [0, 0.1) is 0 Å². The normalized spacial score (nSPS) is 10.7. The summed E-state index contributed by atoms with van der Waals surface area (Å²) < 4.78 is 8.90. The predicted molar refractivity (Wildman–Crippen MR) is 118 cm³/mol. The molecule has 1 N–H and O–H groups in total. The Labute approximate surface area is 184 Å². The maximum absolute atomic E-state index is 12.4. The number of thioether (sulfide) groups is 1. The fourth-order valence-electron chi connectivity index (χ4n) is 3.07. The minimum atomic E-state index is -0.0665. The predicted octanol–water partition coefficient (Wildman–Crippen LogP) is 2.93. The summed E-state index contributed by atoms with van der Waals surface area (Å²) in [6, 6.07) is 17.5. The van der Waals surface area contributed by atoms with Crippen LogP contribution in [-0.2, 0) is 17.9 Å². The van der Waals surface area contributed by atoms with Gasteiger partial charge in [-0.3, -0.25) is 14.0 Å². The molecule has 0 saturated carbocycles. The lowest BCUT2D eigenvalue weighted by atomic mass is 10.1. The molecule has 4 rings (SSSR count). The van der Waals surface area contributed by atoms with Gasteiger partial charge in [-0.1, -0.05) is 36.0 Å². The van der Waals surface area contributed by atoms with Crippen LogP contribution in [0.15, 0.2) is 78.5 Å². The van der Waals surface area contributed by atoms with Crippen LogP contribution in [0.4, 0.5) is 0 Å². The SMILES string of the molecule is COc1ccc(-n2cnnc2SCC(=O)NCc2ccccc2Cn2cccn2)cc1. The van der Waals surface area contributed by atoms with Gasteiger partial charge in [0.25, 0.3) is 0 Å². The molecule has 31 heavy (non-hydrogen) atoms. The number of aromatic nitrogens is 5. The smallest absolute Gasteiger partial charge is 0.230 e. The molecule has 0 aliphatic heterocycles. The quantitative estimate of drug-likeness (QED) is 0.408. The minimum absolute atomic E-state index is 0.0665. The molecule has 1 amide bonds. The van der Waals surface area contributed by atoms with E-state index in [0.29, 0.717) is 18.2 Å². The Morgan fingerprint density at radius 3 is 2.65 bits per heavy atom.